The molecule has 1 atom stereocenters. The van der Waals surface area contributed by atoms with Crippen molar-refractivity contribution < 1.29 is 0 Å². The van der Waals surface area contributed by atoms with Crippen molar-refractivity contribution >= 4 is 0 Å². The van der Waals surface area contributed by atoms with E-state index in [0.717, 1.165) is 17.8 Å². The molecule has 1 N–H and O–H groups in total. The van der Waals surface area contributed by atoms with Gasteiger partial charge in [-0.25, -0.2) is 0 Å². The SMILES string of the molecule is CC(C)CNCC1(CC(C)CC(C)C)CCC1. The van der Waals surface area contributed by atoms with Crippen molar-refractivity contribution in [2.24, 2.45) is 23.2 Å². The van der Waals surface area contributed by atoms with Crippen LogP contribution in [-0.2, 0) is 0 Å². The van der Waals surface area contributed by atoms with Crippen molar-refractivity contribution in [1.29, 1.82) is 0 Å². The van der Waals surface area contributed by atoms with Crippen molar-refractivity contribution in [1.82, 2.24) is 5.32 Å². The highest BCUT2D eigenvalue weighted by molar-refractivity contribution is 4.90. The van der Waals surface area contributed by atoms with E-state index in [4.69, 9.17) is 0 Å². The van der Waals surface area contributed by atoms with Gasteiger partial charge in [0.2, 0.25) is 0 Å². The Balaban J connectivity index is 2.30. The molecule has 0 aromatic heterocycles. The minimum absolute atomic E-state index is 0.656. The molecule has 0 aliphatic heterocycles. The van der Waals surface area contributed by atoms with Crippen LogP contribution < -0.4 is 5.32 Å². The van der Waals surface area contributed by atoms with Crippen LogP contribution in [0, 0.1) is 23.2 Å². The Bertz CT molecular complexity index is 204. The Morgan fingerprint density at radius 3 is 2.06 bits per heavy atom. The molecule has 1 saturated carbocycles. The maximum absolute atomic E-state index is 3.69. The molecule has 1 heteroatoms. The van der Waals surface area contributed by atoms with E-state index in [-0.39, 0.29) is 0 Å². The van der Waals surface area contributed by atoms with Gasteiger partial charge >= 0.3 is 0 Å². The van der Waals surface area contributed by atoms with E-state index in [1.54, 1.807) is 0 Å². The minimum atomic E-state index is 0.656. The Labute approximate surface area is 109 Å². The van der Waals surface area contributed by atoms with Gasteiger partial charge in [0.1, 0.15) is 0 Å². The first-order valence-electron chi connectivity index (χ1n) is 7.64. The van der Waals surface area contributed by atoms with E-state index in [9.17, 15) is 0 Å². The first kappa shape index (κ1) is 15.0. The summed E-state index contributed by atoms with van der Waals surface area (Å²) in [5, 5.41) is 3.69. The molecule has 1 rings (SSSR count). The first-order valence-corrected chi connectivity index (χ1v) is 7.64. The molecule has 1 unspecified atom stereocenters. The highest BCUT2D eigenvalue weighted by atomic mass is 14.9. The molecule has 0 aromatic rings. The van der Waals surface area contributed by atoms with Crippen molar-refractivity contribution in [3.05, 3.63) is 0 Å². The van der Waals surface area contributed by atoms with Crippen molar-refractivity contribution in [3.63, 3.8) is 0 Å². The number of nitrogens with one attached hydrogen (secondary N) is 1. The lowest BCUT2D eigenvalue weighted by atomic mass is 9.63. The summed E-state index contributed by atoms with van der Waals surface area (Å²) in [4.78, 5) is 0. The van der Waals surface area contributed by atoms with Gasteiger partial charge in [-0.1, -0.05) is 41.0 Å². The zero-order valence-electron chi connectivity index (χ0n) is 12.7. The molecule has 0 aromatic carbocycles. The summed E-state index contributed by atoms with van der Waals surface area (Å²) in [5.74, 6) is 2.53. The summed E-state index contributed by atoms with van der Waals surface area (Å²) in [5.41, 5.74) is 0.656. The third-order valence-corrected chi connectivity index (χ3v) is 4.12. The summed E-state index contributed by atoms with van der Waals surface area (Å²) in [6.45, 7) is 14.2. The lowest BCUT2D eigenvalue weighted by Gasteiger charge is -2.44. The van der Waals surface area contributed by atoms with Crippen molar-refractivity contribution in [2.75, 3.05) is 13.1 Å². The Morgan fingerprint density at radius 2 is 1.65 bits per heavy atom. The summed E-state index contributed by atoms with van der Waals surface area (Å²) in [6, 6.07) is 0. The van der Waals surface area contributed by atoms with E-state index < -0.39 is 0 Å². The quantitative estimate of drug-likeness (QED) is 0.659. The van der Waals surface area contributed by atoms with Crippen molar-refractivity contribution in [2.45, 2.75) is 66.7 Å². The molecule has 1 aliphatic carbocycles. The number of hydrogen-bond acceptors (Lipinski definition) is 1. The molecule has 0 bridgehead atoms. The van der Waals surface area contributed by atoms with Gasteiger partial charge in [-0.2, -0.15) is 0 Å². The second kappa shape index (κ2) is 6.78. The molecule has 0 saturated heterocycles. The first-order chi connectivity index (χ1) is 7.93. The van der Waals surface area contributed by atoms with Crippen LogP contribution in [0.5, 0.6) is 0 Å². The third kappa shape index (κ3) is 5.42. The van der Waals surface area contributed by atoms with E-state index in [1.807, 2.05) is 0 Å². The molecule has 0 radical (unpaired) electrons. The number of hydrogen-bond donors (Lipinski definition) is 1. The zero-order chi connectivity index (χ0) is 12.9. The second-order valence-corrected chi connectivity index (χ2v) is 7.32. The van der Waals surface area contributed by atoms with Gasteiger partial charge < -0.3 is 5.32 Å². The lowest BCUT2D eigenvalue weighted by Crippen LogP contribution is -2.42. The van der Waals surface area contributed by atoms with Crippen LogP contribution in [0.15, 0.2) is 0 Å². The van der Waals surface area contributed by atoms with Crippen LogP contribution >= 0.6 is 0 Å². The van der Waals surface area contributed by atoms with Crippen LogP contribution in [0.2, 0.25) is 0 Å². The summed E-state index contributed by atoms with van der Waals surface area (Å²) in [7, 11) is 0. The fourth-order valence-electron chi connectivity index (χ4n) is 3.38. The van der Waals surface area contributed by atoms with Gasteiger partial charge in [-0.15, -0.1) is 0 Å². The topological polar surface area (TPSA) is 12.0 Å². The highest BCUT2D eigenvalue weighted by Crippen LogP contribution is 2.46. The van der Waals surface area contributed by atoms with E-state index in [0.29, 0.717) is 5.41 Å². The third-order valence-electron chi connectivity index (χ3n) is 4.12. The Morgan fingerprint density at radius 1 is 1.00 bits per heavy atom. The molecule has 0 spiro atoms. The molecular formula is C16H33N. The summed E-state index contributed by atoms with van der Waals surface area (Å²) >= 11 is 0. The maximum Gasteiger partial charge on any atom is 0.000802 e. The molecular weight excluding hydrogens is 206 g/mol. The highest BCUT2D eigenvalue weighted by Gasteiger charge is 2.37. The molecule has 1 fully saturated rings. The predicted octanol–water partition coefficient (Wildman–Crippen LogP) is 4.47. The van der Waals surface area contributed by atoms with E-state index in [1.165, 1.54) is 45.2 Å². The monoisotopic (exact) mass is 239 g/mol. The Hall–Kier alpha value is -0.0400. The standard InChI is InChI=1S/C16H33N/c1-13(2)9-15(5)10-16(7-6-8-16)12-17-11-14(3)4/h13-15,17H,6-12H2,1-5H3. The lowest BCUT2D eigenvalue weighted by molar-refractivity contribution is 0.0889. The summed E-state index contributed by atoms with van der Waals surface area (Å²) < 4.78 is 0. The molecule has 17 heavy (non-hydrogen) atoms. The van der Waals surface area contributed by atoms with Crippen LogP contribution in [0.3, 0.4) is 0 Å². The molecule has 102 valence electrons. The Kier molecular flexibility index (Phi) is 5.99. The van der Waals surface area contributed by atoms with Crippen LogP contribution in [0.4, 0.5) is 0 Å². The molecule has 1 nitrogen and oxygen atoms in total. The number of rotatable bonds is 8. The largest absolute Gasteiger partial charge is 0.316 e. The maximum atomic E-state index is 3.69. The molecule has 0 amide bonds. The molecule has 1 aliphatic rings. The van der Waals surface area contributed by atoms with E-state index in [2.05, 4.69) is 39.9 Å². The minimum Gasteiger partial charge on any atom is -0.316 e. The van der Waals surface area contributed by atoms with Gasteiger partial charge in [0.15, 0.2) is 0 Å². The average molecular weight is 239 g/mol. The van der Waals surface area contributed by atoms with Gasteiger partial charge in [-0.3, -0.25) is 0 Å². The van der Waals surface area contributed by atoms with Gasteiger partial charge in [0.05, 0.1) is 0 Å². The van der Waals surface area contributed by atoms with Crippen LogP contribution in [0.1, 0.15) is 66.7 Å². The molecule has 0 heterocycles. The fraction of sp³-hybridized carbons (Fsp3) is 1.00. The van der Waals surface area contributed by atoms with Crippen molar-refractivity contribution in [3.8, 4) is 0 Å². The summed E-state index contributed by atoms with van der Waals surface area (Å²) in [6.07, 6.45) is 7.21. The van der Waals surface area contributed by atoms with Gasteiger partial charge in [0, 0.05) is 6.54 Å². The predicted molar refractivity (Wildman–Crippen MR) is 77.2 cm³/mol. The smallest absolute Gasteiger partial charge is 0.000802 e. The second-order valence-electron chi connectivity index (χ2n) is 7.32. The van der Waals surface area contributed by atoms with Crippen LogP contribution in [-0.4, -0.2) is 13.1 Å². The normalized spacial score (nSPS) is 20.6. The van der Waals surface area contributed by atoms with E-state index >= 15 is 0 Å². The zero-order valence-corrected chi connectivity index (χ0v) is 12.7. The van der Waals surface area contributed by atoms with Gasteiger partial charge in [-0.05, 0) is 55.4 Å². The van der Waals surface area contributed by atoms with Gasteiger partial charge in [0.25, 0.3) is 0 Å². The van der Waals surface area contributed by atoms with Crippen LogP contribution in [0.25, 0.3) is 0 Å². The fourth-order valence-corrected chi connectivity index (χ4v) is 3.38. The average Bonchev–Trinajstić information content (AvgIpc) is 2.11.